The van der Waals surface area contributed by atoms with Crippen LogP contribution >= 0.6 is 11.6 Å². The first-order valence-corrected chi connectivity index (χ1v) is 6.02. The standard InChI is InChI=1S/C12H10ClFN4O3/c13-11-16-5-9(14)10(18-11)17-7-1-3-8(4-2-7)20-6-21-12(15)19/h1-5H,6H2,(H2,15,19)(H,16,17,18). The molecule has 2 aromatic rings. The number of amides is 1. The van der Waals surface area contributed by atoms with Crippen molar-refractivity contribution in [3.63, 3.8) is 0 Å². The van der Waals surface area contributed by atoms with Crippen molar-refractivity contribution in [1.82, 2.24) is 9.97 Å². The fourth-order valence-electron chi connectivity index (χ4n) is 1.36. The van der Waals surface area contributed by atoms with Crippen LogP contribution in [-0.4, -0.2) is 22.9 Å². The van der Waals surface area contributed by atoms with Gasteiger partial charge in [0.05, 0.1) is 6.20 Å². The van der Waals surface area contributed by atoms with Crippen LogP contribution in [-0.2, 0) is 4.74 Å². The monoisotopic (exact) mass is 312 g/mol. The summed E-state index contributed by atoms with van der Waals surface area (Å²) >= 11 is 5.59. The van der Waals surface area contributed by atoms with E-state index >= 15 is 0 Å². The molecular weight excluding hydrogens is 303 g/mol. The van der Waals surface area contributed by atoms with Crippen molar-refractivity contribution < 1.29 is 18.7 Å². The Morgan fingerprint density at radius 1 is 1.38 bits per heavy atom. The van der Waals surface area contributed by atoms with Crippen molar-refractivity contribution in [3.05, 3.63) is 41.6 Å². The topological polar surface area (TPSA) is 99.4 Å². The summed E-state index contributed by atoms with van der Waals surface area (Å²) < 4.78 is 23.0. The number of nitrogens with zero attached hydrogens (tertiary/aromatic N) is 2. The summed E-state index contributed by atoms with van der Waals surface area (Å²) in [6, 6.07) is 6.42. The third-order valence-electron chi connectivity index (χ3n) is 2.26. The SMILES string of the molecule is NC(=O)OCOc1ccc(Nc2nc(Cl)ncc2F)cc1. The average molecular weight is 313 g/mol. The van der Waals surface area contributed by atoms with Gasteiger partial charge in [0.15, 0.2) is 11.6 Å². The molecule has 2 rings (SSSR count). The lowest BCUT2D eigenvalue weighted by Crippen LogP contribution is -2.16. The van der Waals surface area contributed by atoms with Crippen LogP contribution in [0, 0.1) is 5.82 Å². The lowest BCUT2D eigenvalue weighted by atomic mass is 10.3. The molecule has 0 atom stereocenters. The molecule has 0 aliphatic rings. The number of ether oxygens (including phenoxy) is 2. The van der Waals surface area contributed by atoms with E-state index < -0.39 is 11.9 Å². The second kappa shape index (κ2) is 6.71. The molecule has 0 spiro atoms. The number of halogens is 2. The Labute approximate surface area is 123 Å². The molecule has 3 N–H and O–H groups in total. The van der Waals surface area contributed by atoms with Gasteiger partial charge in [-0.3, -0.25) is 0 Å². The summed E-state index contributed by atoms with van der Waals surface area (Å²) in [5.74, 6) is -0.224. The molecule has 1 aromatic heterocycles. The number of carbonyl (C=O) groups is 1. The van der Waals surface area contributed by atoms with E-state index in [1.807, 2.05) is 0 Å². The van der Waals surface area contributed by atoms with Crippen LogP contribution in [0.5, 0.6) is 5.75 Å². The molecule has 0 aliphatic carbocycles. The number of benzene rings is 1. The van der Waals surface area contributed by atoms with Crippen LogP contribution < -0.4 is 15.8 Å². The second-order valence-corrected chi connectivity index (χ2v) is 4.05. The Kier molecular flexibility index (Phi) is 4.72. The molecule has 21 heavy (non-hydrogen) atoms. The molecule has 0 aliphatic heterocycles. The third-order valence-corrected chi connectivity index (χ3v) is 2.44. The number of rotatable bonds is 5. The maximum absolute atomic E-state index is 13.4. The minimum Gasteiger partial charge on any atom is -0.457 e. The number of nitrogens with two attached hydrogens (primary N) is 1. The highest BCUT2D eigenvalue weighted by atomic mass is 35.5. The molecular formula is C12H10ClFN4O3. The predicted octanol–water partition coefficient (Wildman–Crippen LogP) is 2.44. The van der Waals surface area contributed by atoms with Gasteiger partial charge in [-0.1, -0.05) is 0 Å². The summed E-state index contributed by atoms with van der Waals surface area (Å²) in [6.07, 6.45) is 0.0421. The molecule has 0 radical (unpaired) electrons. The van der Waals surface area contributed by atoms with E-state index in [0.29, 0.717) is 11.4 Å². The van der Waals surface area contributed by atoms with Gasteiger partial charge in [-0.15, -0.1) is 0 Å². The lowest BCUT2D eigenvalue weighted by Gasteiger charge is -2.08. The zero-order chi connectivity index (χ0) is 15.2. The zero-order valence-corrected chi connectivity index (χ0v) is 11.3. The number of hydrogen-bond acceptors (Lipinski definition) is 6. The molecule has 110 valence electrons. The molecule has 0 bridgehead atoms. The second-order valence-electron chi connectivity index (χ2n) is 3.71. The smallest absolute Gasteiger partial charge is 0.407 e. The number of carbonyl (C=O) groups excluding carboxylic acids is 1. The maximum atomic E-state index is 13.4. The van der Waals surface area contributed by atoms with Crippen molar-refractivity contribution in [2.75, 3.05) is 12.1 Å². The van der Waals surface area contributed by atoms with Crippen molar-refractivity contribution >= 4 is 29.2 Å². The highest BCUT2D eigenvalue weighted by molar-refractivity contribution is 6.28. The van der Waals surface area contributed by atoms with Crippen molar-refractivity contribution in [1.29, 1.82) is 0 Å². The first-order valence-electron chi connectivity index (χ1n) is 5.65. The highest BCUT2D eigenvalue weighted by Crippen LogP contribution is 2.21. The Hall–Kier alpha value is -2.61. The molecule has 1 aromatic carbocycles. The average Bonchev–Trinajstić information content (AvgIpc) is 2.44. The van der Waals surface area contributed by atoms with Crippen LogP contribution in [0.2, 0.25) is 5.28 Å². The predicted molar refractivity (Wildman–Crippen MR) is 72.9 cm³/mol. The van der Waals surface area contributed by atoms with Gasteiger partial charge < -0.3 is 20.5 Å². The first kappa shape index (κ1) is 14.8. The van der Waals surface area contributed by atoms with Gasteiger partial charge in [0, 0.05) is 5.69 Å². The summed E-state index contributed by atoms with van der Waals surface area (Å²) in [5, 5.41) is 2.68. The molecule has 0 saturated carbocycles. The largest absolute Gasteiger partial charge is 0.457 e. The van der Waals surface area contributed by atoms with Gasteiger partial charge >= 0.3 is 6.09 Å². The Bertz CT molecular complexity index is 639. The van der Waals surface area contributed by atoms with Crippen molar-refractivity contribution in [2.45, 2.75) is 0 Å². The van der Waals surface area contributed by atoms with Crippen molar-refractivity contribution in [2.24, 2.45) is 5.73 Å². The molecule has 0 unspecified atom stereocenters. The van der Waals surface area contributed by atoms with Gasteiger partial charge in [0.1, 0.15) is 5.75 Å². The first-order chi connectivity index (χ1) is 10.0. The molecule has 0 saturated heterocycles. The quantitative estimate of drug-likeness (QED) is 0.650. The van der Waals surface area contributed by atoms with E-state index in [9.17, 15) is 9.18 Å². The highest BCUT2D eigenvalue weighted by Gasteiger charge is 2.06. The van der Waals surface area contributed by atoms with Crippen molar-refractivity contribution in [3.8, 4) is 5.75 Å². The van der Waals surface area contributed by atoms with E-state index in [1.165, 1.54) is 0 Å². The van der Waals surface area contributed by atoms with Gasteiger partial charge in [0.2, 0.25) is 12.1 Å². The van der Waals surface area contributed by atoms with Crippen LogP contribution in [0.25, 0.3) is 0 Å². The fourth-order valence-corrected chi connectivity index (χ4v) is 1.49. The van der Waals surface area contributed by atoms with E-state index in [4.69, 9.17) is 22.1 Å². The van der Waals surface area contributed by atoms with Gasteiger partial charge in [-0.05, 0) is 35.9 Å². The lowest BCUT2D eigenvalue weighted by molar-refractivity contribution is 0.0657. The van der Waals surface area contributed by atoms with E-state index in [-0.39, 0.29) is 17.9 Å². The maximum Gasteiger partial charge on any atom is 0.407 e. The van der Waals surface area contributed by atoms with Crippen LogP contribution in [0.15, 0.2) is 30.5 Å². The third kappa shape index (κ3) is 4.46. The summed E-state index contributed by atoms with van der Waals surface area (Å²) in [6.45, 7) is -0.293. The van der Waals surface area contributed by atoms with E-state index in [2.05, 4.69) is 20.0 Å². The normalized spacial score (nSPS) is 10.0. The van der Waals surface area contributed by atoms with E-state index in [0.717, 1.165) is 6.20 Å². The Balaban J connectivity index is 1.99. The van der Waals surface area contributed by atoms with E-state index in [1.54, 1.807) is 24.3 Å². The minimum absolute atomic E-state index is 0.0410. The van der Waals surface area contributed by atoms with Gasteiger partial charge in [-0.2, -0.15) is 4.98 Å². The summed E-state index contributed by atoms with van der Waals surface area (Å²) in [5.41, 5.74) is 5.35. The molecule has 7 nitrogen and oxygen atoms in total. The van der Waals surface area contributed by atoms with Crippen LogP contribution in [0.3, 0.4) is 0 Å². The summed E-state index contributed by atoms with van der Waals surface area (Å²) in [7, 11) is 0. The number of nitrogens with one attached hydrogen (secondary N) is 1. The molecule has 9 heteroatoms. The fraction of sp³-hybridized carbons (Fsp3) is 0.0833. The number of primary amides is 1. The molecule has 1 amide bonds. The Morgan fingerprint density at radius 2 is 2.10 bits per heavy atom. The Morgan fingerprint density at radius 3 is 2.76 bits per heavy atom. The summed E-state index contributed by atoms with van der Waals surface area (Å²) in [4.78, 5) is 17.6. The van der Waals surface area contributed by atoms with Crippen LogP contribution in [0.1, 0.15) is 0 Å². The zero-order valence-electron chi connectivity index (χ0n) is 10.5. The van der Waals surface area contributed by atoms with Crippen LogP contribution in [0.4, 0.5) is 20.7 Å². The minimum atomic E-state index is -0.926. The number of anilines is 2. The van der Waals surface area contributed by atoms with Gasteiger partial charge in [0.25, 0.3) is 0 Å². The number of aromatic nitrogens is 2. The van der Waals surface area contributed by atoms with Gasteiger partial charge in [-0.25, -0.2) is 14.2 Å². The molecule has 0 fully saturated rings. The molecule has 1 heterocycles. The number of hydrogen-bond donors (Lipinski definition) is 2.